The highest BCUT2D eigenvalue weighted by Gasteiger charge is 2.31. The number of aliphatic imine (C=N–C) groups is 1. The number of rotatable bonds is 6. The van der Waals surface area contributed by atoms with Gasteiger partial charge in [0.25, 0.3) is 0 Å². The lowest BCUT2D eigenvalue weighted by Gasteiger charge is -2.25. The van der Waals surface area contributed by atoms with E-state index >= 15 is 0 Å². The van der Waals surface area contributed by atoms with Crippen molar-refractivity contribution in [3.63, 3.8) is 0 Å². The number of alkyl halides is 3. The minimum absolute atomic E-state index is 0.0425. The molecule has 8 heteroatoms. The van der Waals surface area contributed by atoms with Gasteiger partial charge in [-0.1, -0.05) is 0 Å². The lowest BCUT2D eigenvalue weighted by molar-refractivity contribution is -0.137. The molecule has 0 unspecified atom stereocenters. The highest BCUT2D eigenvalue weighted by Crippen LogP contribution is 2.16. The zero-order chi connectivity index (χ0) is 13.3. The van der Waals surface area contributed by atoms with E-state index in [1.54, 1.807) is 14.0 Å². The molecule has 0 bridgehead atoms. The van der Waals surface area contributed by atoms with Crippen LogP contribution in [0.2, 0.25) is 0 Å². The van der Waals surface area contributed by atoms with Crippen molar-refractivity contribution in [3.8, 4) is 0 Å². The highest BCUT2D eigenvalue weighted by atomic mass is 19.4. The van der Waals surface area contributed by atoms with Crippen LogP contribution in [0.1, 0.15) is 13.3 Å². The average molecular weight is 256 g/mol. The molecule has 0 amide bonds. The molecule has 0 spiro atoms. The third kappa shape index (κ3) is 7.81. The van der Waals surface area contributed by atoms with E-state index in [4.69, 9.17) is 10.6 Å². The van der Waals surface area contributed by atoms with E-state index in [1.807, 2.05) is 0 Å². The Morgan fingerprint density at radius 3 is 2.53 bits per heavy atom. The van der Waals surface area contributed by atoms with E-state index < -0.39 is 12.7 Å². The molecule has 0 rings (SSSR count). The second-order valence-electron chi connectivity index (χ2n) is 3.33. The molecule has 0 aromatic heterocycles. The first kappa shape index (κ1) is 16.0. The summed E-state index contributed by atoms with van der Waals surface area (Å²) in [5, 5.41) is 0. The maximum atomic E-state index is 12.2. The Labute approximate surface area is 98.8 Å². The van der Waals surface area contributed by atoms with Crippen molar-refractivity contribution in [3.05, 3.63) is 0 Å². The molecule has 0 fully saturated rings. The van der Waals surface area contributed by atoms with Gasteiger partial charge in [-0.15, -0.1) is 0 Å². The third-order valence-corrected chi connectivity index (χ3v) is 1.95. The first-order valence-corrected chi connectivity index (χ1v) is 5.26. The van der Waals surface area contributed by atoms with Gasteiger partial charge in [-0.2, -0.15) is 13.2 Å². The zero-order valence-electron chi connectivity index (χ0n) is 10.0. The summed E-state index contributed by atoms with van der Waals surface area (Å²) in [6.07, 6.45) is -3.65. The summed E-state index contributed by atoms with van der Waals surface area (Å²) in [6.45, 7) is 1.58. The molecule has 0 aliphatic rings. The van der Waals surface area contributed by atoms with Crippen molar-refractivity contribution in [2.45, 2.75) is 19.5 Å². The summed E-state index contributed by atoms with van der Waals surface area (Å²) in [5.41, 5.74) is 2.19. The Kier molecular flexibility index (Phi) is 7.64. The largest absolute Gasteiger partial charge is 0.406 e. The van der Waals surface area contributed by atoms with Crippen molar-refractivity contribution < 1.29 is 17.9 Å². The SMILES string of the molecule is CCN(CC(F)(F)F)C(=NCCCOC)NN. The van der Waals surface area contributed by atoms with Gasteiger partial charge < -0.3 is 9.64 Å². The topological polar surface area (TPSA) is 62.9 Å². The van der Waals surface area contributed by atoms with Crippen LogP contribution in [0.3, 0.4) is 0 Å². The minimum atomic E-state index is -4.28. The van der Waals surface area contributed by atoms with Crippen LogP contribution in [-0.4, -0.2) is 50.4 Å². The maximum Gasteiger partial charge on any atom is 0.406 e. The number of ether oxygens (including phenoxy) is 1. The van der Waals surface area contributed by atoms with Gasteiger partial charge in [-0.3, -0.25) is 10.4 Å². The van der Waals surface area contributed by atoms with Crippen LogP contribution in [0, 0.1) is 0 Å². The summed E-state index contributed by atoms with van der Waals surface area (Å²) in [5.74, 6) is 5.20. The first-order valence-electron chi connectivity index (χ1n) is 5.26. The molecular formula is C9H19F3N4O. The van der Waals surface area contributed by atoms with Crippen molar-refractivity contribution in [2.75, 3.05) is 33.4 Å². The van der Waals surface area contributed by atoms with Crippen LogP contribution in [0.25, 0.3) is 0 Å². The smallest absolute Gasteiger partial charge is 0.385 e. The number of hydrazine groups is 1. The van der Waals surface area contributed by atoms with Crippen molar-refractivity contribution in [2.24, 2.45) is 10.8 Å². The Morgan fingerprint density at radius 1 is 1.47 bits per heavy atom. The van der Waals surface area contributed by atoms with Gasteiger partial charge in [0.05, 0.1) is 0 Å². The number of methoxy groups -OCH3 is 1. The van der Waals surface area contributed by atoms with Crippen LogP contribution in [0.15, 0.2) is 4.99 Å². The molecule has 0 aromatic carbocycles. The second kappa shape index (κ2) is 8.13. The molecule has 0 atom stereocenters. The van der Waals surface area contributed by atoms with Crippen molar-refractivity contribution in [1.29, 1.82) is 0 Å². The Morgan fingerprint density at radius 2 is 2.12 bits per heavy atom. The van der Waals surface area contributed by atoms with Gasteiger partial charge in [0, 0.05) is 26.8 Å². The molecule has 0 aliphatic heterocycles. The van der Waals surface area contributed by atoms with E-state index in [0.29, 0.717) is 19.6 Å². The predicted octanol–water partition coefficient (Wildman–Crippen LogP) is 0.726. The van der Waals surface area contributed by atoms with E-state index in [1.165, 1.54) is 0 Å². The van der Waals surface area contributed by atoms with Crippen LogP contribution < -0.4 is 11.3 Å². The number of hydrogen-bond acceptors (Lipinski definition) is 3. The highest BCUT2D eigenvalue weighted by molar-refractivity contribution is 5.79. The molecule has 5 nitrogen and oxygen atoms in total. The lowest BCUT2D eigenvalue weighted by atomic mass is 10.4. The minimum Gasteiger partial charge on any atom is -0.385 e. The number of nitrogens with one attached hydrogen (secondary N) is 1. The van der Waals surface area contributed by atoms with Crippen LogP contribution in [0.4, 0.5) is 13.2 Å². The standard InChI is InChI=1S/C9H19F3N4O/c1-3-16(7-9(10,11)12)8(15-13)14-5-4-6-17-2/h3-7,13H2,1-2H3,(H,14,15). The van der Waals surface area contributed by atoms with E-state index in [-0.39, 0.29) is 12.5 Å². The van der Waals surface area contributed by atoms with Crippen LogP contribution in [0.5, 0.6) is 0 Å². The predicted molar refractivity (Wildman–Crippen MR) is 59.4 cm³/mol. The van der Waals surface area contributed by atoms with Crippen molar-refractivity contribution in [1.82, 2.24) is 10.3 Å². The van der Waals surface area contributed by atoms with Gasteiger partial charge in [-0.05, 0) is 13.3 Å². The summed E-state index contributed by atoms with van der Waals surface area (Å²) in [6, 6.07) is 0. The average Bonchev–Trinajstić information content (AvgIpc) is 2.25. The van der Waals surface area contributed by atoms with Gasteiger partial charge in [0.2, 0.25) is 5.96 Å². The molecule has 102 valence electrons. The fraction of sp³-hybridized carbons (Fsp3) is 0.889. The number of hydrogen-bond donors (Lipinski definition) is 2. The Bertz CT molecular complexity index is 233. The first-order chi connectivity index (χ1) is 7.94. The fourth-order valence-corrected chi connectivity index (χ4v) is 1.18. The van der Waals surface area contributed by atoms with Gasteiger partial charge in [-0.25, -0.2) is 5.84 Å². The van der Waals surface area contributed by atoms with Gasteiger partial charge >= 0.3 is 6.18 Å². The maximum absolute atomic E-state index is 12.2. The molecular weight excluding hydrogens is 237 g/mol. The van der Waals surface area contributed by atoms with E-state index in [9.17, 15) is 13.2 Å². The molecule has 0 aromatic rings. The number of nitrogens with two attached hydrogens (primary N) is 1. The van der Waals surface area contributed by atoms with Crippen molar-refractivity contribution >= 4 is 5.96 Å². The van der Waals surface area contributed by atoms with Gasteiger partial charge in [0.15, 0.2) is 0 Å². The second-order valence-corrected chi connectivity index (χ2v) is 3.33. The van der Waals surface area contributed by atoms with E-state index in [0.717, 1.165) is 4.90 Å². The quantitative estimate of drug-likeness (QED) is 0.242. The van der Waals surface area contributed by atoms with E-state index in [2.05, 4.69) is 10.4 Å². The molecule has 0 heterocycles. The fourth-order valence-electron chi connectivity index (χ4n) is 1.18. The normalized spacial score (nSPS) is 12.7. The lowest BCUT2D eigenvalue weighted by Crippen LogP contribution is -2.48. The summed E-state index contributed by atoms with van der Waals surface area (Å²) >= 11 is 0. The summed E-state index contributed by atoms with van der Waals surface area (Å²) < 4.78 is 41.6. The molecule has 0 aliphatic carbocycles. The zero-order valence-corrected chi connectivity index (χ0v) is 10.0. The molecule has 3 N–H and O–H groups in total. The summed E-state index contributed by atoms with van der Waals surface area (Å²) in [7, 11) is 1.55. The molecule has 0 saturated carbocycles. The molecule has 0 radical (unpaired) electrons. The molecule has 0 saturated heterocycles. The van der Waals surface area contributed by atoms with Crippen LogP contribution in [-0.2, 0) is 4.74 Å². The number of guanidine groups is 1. The third-order valence-electron chi connectivity index (χ3n) is 1.95. The number of nitrogens with zero attached hydrogens (tertiary/aromatic N) is 2. The van der Waals surface area contributed by atoms with Gasteiger partial charge in [0.1, 0.15) is 6.54 Å². The number of halogens is 3. The molecule has 17 heavy (non-hydrogen) atoms. The monoisotopic (exact) mass is 256 g/mol. The summed E-state index contributed by atoms with van der Waals surface area (Å²) in [4.78, 5) is 5.00. The Hall–Kier alpha value is -1.02. The van der Waals surface area contributed by atoms with Crippen LogP contribution >= 0.6 is 0 Å². The Balaban J connectivity index is 4.37.